The summed E-state index contributed by atoms with van der Waals surface area (Å²) in [7, 11) is 0. The summed E-state index contributed by atoms with van der Waals surface area (Å²) in [5.74, 6) is -0.239. The van der Waals surface area contributed by atoms with Gasteiger partial charge in [-0.25, -0.2) is 0 Å². The summed E-state index contributed by atoms with van der Waals surface area (Å²) in [5, 5.41) is 6.37. The summed E-state index contributed by atoms with van der Waals surface area (Å²) in [6.45, 7) is 3.35. The molecule has 2 N–H and O–H groups in total. The van der Waals surface area contributed by atoms with Crippen LogP contribution in [0.25, 0.3) is 0 Å². The largest absolute Gasteiger partial charge is 0.354 e. The minimum absolute atomic E-state index is 0.00131. The molecule has 1 heterocycles. The third kappa shape index (κ3) is 5.48. The number of carbonyl (C=O) groups is 2. The third-order valence-electron chi connectivity index (χ3n) is 6.18. The molecule has 0 atom stereocenters. The first-order valence-electron chi connectivity index (χ1n) is 10.7. The Balaban J connectivity index is 1.45. The van der Waals surface area contributed by atoms with Crippen molar-refractivity contribution in [3.63, 3.8) is 0 Å². The lowest BCUT2D eigenvalue weighted by Gasteiger charge is -2.48. The minimum Gasteiger partial charge on any atom is -0.354 e. The van der Waals surface area contributed by atoms with Crippen molar-refractivity contribution in [2.75, 3.05) is 26.2 Å². The van der Waals surface area contributed by atoms with Crippen LogP contribution in [0.2, 0.25) is 5.02 Å². The van der Waals surface area contributed by atoms with Crippen molar-refractivity contribution in [2.24, 2.45) is 0 Å². The van der Waals surface area contributed by atoms with E-state index in [0.29, 0.717) is 17.1 Å². The fraction of sp³-hybridized carbons (Fsp3) is 0.636. The Kier molecular flexibility index (Phi) is 7.74. The van der Waals surface area contributed by atoms with E-state index in [2.05, 4.69) is 15.5 Å². The Morgan fingerprint density at radius 1 is 0.964 bits per heavy atom. The van der Waals surface area contributed by atoms with Gasteiger partial charge in [-0.2, -0.15) is 0 Å². The first kappa shape index (κ1) is 21.1. The Morgan fingerprint density at radius 2 is 1.64 bits per heavy atom. The van der Waals surface area contributed by atoms with Gasteiger partial charge < -0.3 is 10.6 Å². The number of likely N-dealkylation sites (tertiary alicyclic amines) is 1. The van der Waals surface area contributed by atoms with Crippen LogP contribution in [0.3, 0.4) is 0 Å². The second kappa shape index (κ2) is 10.3. The first-order chi connectivity index (χ1) is 13.6. The highest BCUT2D eigenvalue weighted by molar-refractivity contribution is 6.33. The monoisotopic (exact) mass is 405 g/mol. The predicted molar refractivity (Wildman–Crippen MR) is 113 cm³/mol. The molecule has 28 heavy (non-hydrogen) atoms. The highest BCUT2D eigenvalue weighted by Gasteiger charge is 2.38. The molecule has 1 aromatic rings. The summed E-state index contributed by atoms with van der Waals surface area (Å²) >= 11 is 6.04. The average Bonchev–Trinajstić information content (AvgIpc) is 2.74. The summed E-state index contributed by atoms with van der Waals surface area (Å²) in [6.07, 6.45) is 10.3. The smallest absolute Gasteiger partial charge is 0.252 e. The molecule has 1 saturated carbocycles. The number of piperidine rings is 1. The summed E-state index contributed by atoms with van der Waals surface area (Å²) in [6, 6.07) is 6.93. The van der Waals surface area contributed by atoms with E-state index in [-0.39, 0.29) is 23.8 Å². The highest BCUT2D eigenvalue weighted by atomic mass is 35.5. The number of rotatable bonds is 7. The van der Waals surface area contributed by atoms with Gasteiger partial charge in [0.1, 0.15) is 0 Å². The van der Waals surface area contributed by atoms with Crippen molar-refractivity contribution >= 4 is 23.4 Å². The van der Waals surface area contributed by atoms with Gasteiger partial charge in [-0.1, -0.05) is 49.4 Å². The fourth-order valence-corrected chi connectivity index (χ4v) is 4.79. The van der Waals surface area contributed by atoms with E-state index in [9.17, 15) is 9.59 Å². The minimum atomic E-state index is -0.240. The van der Waals surface area contributed by atoms with Crippen LogP contribution in [0.5, 0.6) is 0 Å². The molecule has 2 fully saturated rings. The SMILES string of the molecule is O=C(CCNC(=O)c1ccccc1Cl)NCC1(N2CCCCC2)CCCCC1. The number of amides is 2. The molecule has 6 heteroatoms. The molecule has 1 aliphatic carbocycles. The van der Waals surface area contributed by atoms with Gasteiger partial charge in [-0.3, -0.25) is 14.5 Å². The summed E-state index contributed by atoms with van der Waals surface area (Å²) < 4.78 is 0. The van der Waals surface area contributed by atoms with Crippen LogP contribution >= 0.6 is 11.6 Å². The molecule has 3 rings (SSSR count). The quantitative estimate of drug-likeness (QED) is 0.725. The zero-order valence-electron chi connectivity index (χ0n) is 16.6. The van der Waals surface area contributed by atoms with Crippen LogP contribution in [0, 0.1) is 0 Å². The topological polar surface area (TPSA) is 61.4 Å². The van der Waals surface area contributed by atoms with Crippen LogP contribution < -0.4 is 10.6 Å². The van der Waals surface area contributed by atoms with Crippen molar-refractivity contribution in [1.29, 1.82) is 0 Å². The Bertz CT molecular complexity index is 668. The van der Waals surface area contributed by atoms with Crippen LogP contribution in [0.4, 0.5) is 0 Å². The van der Waals surface area contributed by atoms with Gasteiger partial charge in [0.15, 0.2) is 0 Å². The van der Waals surface area contributed by atoms with Crippen molar-refractivity contribution < 1.29 is 9.59 Å². The number of hydrogen-bond donors (Lipinski definition) is 2. The first-order valence-corrected chi connectivity index (χ1v) is 11.0. The zero-order chi connectivity index (χ0) is 19.8. The van der Waals surface area contributed by atoms with E-state index in [1.54, 1.807) is 24.3 Å². The Hall–Kier alpha value is -1.59. The molecule has 0 bridgehead atoms. The lowest BCUT2D eigenvalue weighted by Crippen LogP contribution is -2.58. The van der Waals surface area contributed by atoms with Gasteiger partial charge in [0, 0.05) is 25.0 Å². The standard InChI is InChI=1S/C22H32ClN3O2/c23-19-10-4-3-9-18(19)21(28)24-14-11-20(27)25-17-22(12-5-1-6-13-22)26-15-7-2-8-16-26/h3-4,9-10H,1-2,5-8,11-17H2,(H,24,28)(H,25,27). The number of halogens is 1. The maximum absolute atomic E-state index is 12.4. The second-order valence-corrected chi connectivity index (χ2v) is 8.50. The molecule has 2 aliphatic rings. The number of nitrogens with zero attached hydrogens (tertiary/aromatic N) is 1. The van der Waals surface area contributed by atoms with Crippen LogP contribution in [0.1, 0.15) is 68.1 Å². The molecule has 0 unspecified atom stereocenters. The molecule has 1 saturated heterocycles. The molecular weight excluding hydrogens is 374 g/mol. The molecule has 1 aromatic carbocycles. The molecule has 0 radical (unpaired) electrons. The van der Waals surface area contributed by atoms with Gasteiger partial charge >= 0.3 is 0 Å². The number of carbonyl (C=O) groups excluding carboxylic acids is 2. The van der Waals surface area contributed by atoms with Gasteiger partial charge in [0.2, 0.25) is 5.91 Å². The predicted octanol–water partition coefficient (Wildman–Crippen LogP) is 3.76. The van der Waals surface area contributed by atoms with Crippen molar-refractivity contribution in [1.82, 2.24) is 15.5 Å². The lowest BCUT2D eigenvalue weighted by molar-refractivity contribution is -0.122. The molecule has 5 nitrogen and oxygen atoms in total. The van der Waals surface area contributed by atoms with E-state index in [4.69, 9.17) is 11.6 Å². The zero-order valence-corrected chi connectivity index (χ0v) is 17.4. The van der Waals surface area contributed by atoms with Crippen LogP contribution in [-0.4, -0.2) is 48.4 Å². The van der Waals surface area contributed by atoms with E-state index in [1.807, 2.05) is 0 Å². The van der Waals surface area contributed by atoms with Gasteiger partial charge in [-0.15, -0.1) is 0 Å². The molecule has 1 aliphatic heterocycles. The van der Waals surface area contributed by atoms with Crippen molar-refractivity contribution in [2.45, 2.75) is 63.3 Å². The maximum atomic E-state index is 12.4. The van der Waals surface area contributed by atoms with E-state index in [0.717, 1.165) is 19.6 Å². The average molecular weight is 406 g/mol. The van der Waals surface area contributed by atoms with Gasteiger partial charge in [0.05, 0.1) is 10.6 Å². The molecular formula is C22H32ClN3O2. The molecule has 0 aromatic heterocycles. The van der Waals surface area contributed by atoms with Gasteiger partial charge in [0.25, 0.3) is 5.91 Å². The number of nitrogens with one attached hydrogen (secondary N) is 2. The van der Waals surface area contributed by atoms with Crippen molar-refractivity contribution in [3.05, 3.63) is 34.9 Å². The normalized spacial score (nSPS) is 19.8. The van der Waals surface area contributed by atoms with Crippen molar-refractivity contribution in [3.8, 4) is 0 Å². The number of benzene rings is 1. The molecule has 0 spiro atoms. The summed E-state index contributed by atoms with van der Waals surface area (Å²) in [5.41, 5.74) is 0.575. The lowest BCUT2D eigenvalue weighted by atomic mass is 9.79. The van der Waals surface area contributed by atoms with E-state index >= 15 is 0 Å². The van der Waals surface area contributed by atoms with Crippen LogP contribution in [0.15, 0.2) is 24.3 Å². The Morgan fingerprint density at radius 3 is 2.36 bits per heavy atom. The second-order valence-electron chi connectivity index (χ2n) is 8.10. The van der Waals surface area contributed by atoms with Crippen LogP contribution in [-0.2, 0) is 4.79 Å². The fourth-order valence-electron chi connectivity index (χ4n) is 4.56. The highest BCUT2D eigenvalue weighted by Crippen LogP contribution is 2.35. The summed E-state index contributed by atoms with van der Waals surface area (Å²) in [4.78, 5) is 27.2. The molecule has 154 valence electrons. The van der Waals surface area contributed by atoms with E-state index in [1.165, 1.54) is 51.4 Å². The third-order valence-corrected chi connectivity index (χ3v) is 6.51. The molecule has 2 amide bonds. The van der Waals surface area contributed by atoms with E-state index < -0.39 is 0 Å². The maximum Gasteiger partial charge on any atom is 0.252 e. The van der Waals surface area contributed by atoms with Gasteiger partial charge in [-0.05, 0) is 50.9 Å². The number of hydrogen-bond acceptors (Lipinski definition) is 3. The Labute approximate surface area is 173 Å².